The molecule has 0 bridgehead atoms. The summed E-state index contributed by atoms with van der Waals surface area (Å²) < 4.78 is 0. The largest absolute Gasteiger partial charge is 0.369 e. The van der Waals surface area contributed by atoms with Crippen LogP contribution in [0, 0.1) is 0 Å². The van der Waals surface area contributed by atoms with Crippen molar-refractivity contribution >= 4 is 29.3 Å². The van der Waals surface area contributed by atoms with Crippen LogP contribution < -0.4 is 15.5 Å². The fourth-order valence-corrected chi connectivity index (χ4v) is 3.58. The molecular weight excluding hydrogens is 324 g/mol. The van der Waals surface area contributed by atoms with Crippen LogP contribution in [-0.4, -0.2) is 60.7 Å². The number of benzene rings is 1. The highest BCUT2D eigenvalue weighted by Crippen LogP contribution is 2.30. The van der Waals surface area contributed by atoms with E-state index >= 15 is 0 Å². The van der Waals surface area contributed by atoms with E-state index in [1.54, 1.807) is 12.1 Å². The summed E-state index contributed by atoms with van der Waals surface area (Å²) in [4.78, 5) is 51.9. The molecule has 130 valence electrons. The van der Waals surface area contributed by atoms with Gasteiger partial charge in [0.15, 0.2) is 0 Å². The van der Waals surface area contributed by atoms with Crippen molar-refractivity contribution in [3.05, 3.63) is 29.3 Å². The van der Waals surface area contributed by atoms with E-state index in [0.717, 1.165) is 36.8 Å². The number of hydrogen-bond donors (Lipinski definition) is 2. The van der Waals surface area contributed by atoms with E-state index in [9.17, 15) is 19.2 Å². The zero-order chi connectivity index (χ0) is 17.6. The molecule has 0 aliphatic carbocycles. The minimum Gasteiger partial charge on any atom is -0.369 e. The third-order valence-corrected chi connectivity index (χ3v) is 4.91. The number of amides is 4. The van der Waals surface area contributed by atoms with Gasteiger partial charge in [-0.25, -0.2) is 0 Å². The number of piperazine rings is 1. The third kappa shape index (κ3) is 2.58. The standard InChI is InChI=1S/C17H18N4O4/c22-14-4-3-13(15(23)19-14)21-16(24)11-2-1-10(9-12(11)17(21)25)20-7-5-18-6-8-20/h1-2,9,13,18H,3-8H2,(H,19,22,23). The summed E-state index contributed by atoms with van der Waals surface area (Å²) in [5.74, 6) is -1.90. The number of hydrogen-bond acceptors (Lipinski definition) is 6. The van der Waals surface area contributed by atoms with Crippen molar-refractivity contribution in [2.45, 2.75) is 18.9 Å². The number of anilines is 1. The van der Waals surface area contributed by atoms with Gasteiger partial charge in [0, 0.05) is 38.3 Å². The number of fused-ring (bicyclic) bond motifs is 1. The van der Waals surface area contributed by atoms with Crippen molar-refractivity contribution in [3.8, 4) is 0 Å². The minimum atomic E-state index is -0.923. The van der Waals surface area contributed by atoms with Gasteiger partial charge in [-0.05, 0) is 24.6 Å². The molecule has 1 atom stereocenters. The van der Waals surface area contributed by atoms with Crippen LogP contribution in [0.3, 0.4) is 0 Å². The van der Waals surface area contributed by atoms with E-state index in [1.165, 1.54) is 0 Å². The van der Waals surface area contributed by atoms with Crippen LogP contribution in [0.25, 0.3) is 0 Å². The predicted octanol–water partition coefficient (Wildman–Crippen LogP) is -0.503. The van der Waals surface area contributed by atoms with E-state index in [1.807, 2.05) is 6.07 Å². The van der Waals surface area contributed by atoms with Crippen molar-refractivity contribution in [2.24, 2.45) is 0 Å². The molecule has 4 amide bonds. The molecule has 2 fully saturated rings. The smallest absolute Gasteiger partial charge is 0.262 e. The zero-order valence-corrected chi connectivity index (χ0v) is 13.6. The lowest BCUT2D eigenvalue weighted by molar-refractivity contribution is -0.136. The number of rotatable bonds is 2. The first-order valence-electron chi connectivity index (χ1n) is 8.37. The lowest BCUT2D eigenvalue weighted by Crippen LogP contribution is -2.54. The van der Waals surface area contributed by atoms with Crippen LogP contribution in [0.5, 0.6) is 0 Å². The lowest BCUT2D eigenvalue weighted by Gasteiger charge is -2.29. The topological polar surface area (TPSA) is 98.8 Å². The number of piperidine rings is 1. The maximum atomic E-state index is 12.8. The van der Waals surface area contributed by atoms with Crippen LogP contribution in [-0.2, 0) is 9.59 Å². The molecule has 1 unspecified atom stereocenters. The van der Waals surface area contributed by atoms with Gasteiger partial charge in [-0.2, -0.15) is 0 Å². The van der Waals surface area contributed by atoms with Gasteiger partial charge in [0.2, 0.25) is 11.8 Å². The number of nitrogens with zero attached hydrogens (tertiary/aromatic N) is 2. The summed E-state index contributed by atoms with van der Waals surface area (Å²) >= 11 is 0. The highest BCUT2D eigenvalue weighted by atomic mass is 16.2. The summed E-state index contributed by atoms with van der Waals surface area (Å²) in [6.07, 6.45) is 0.288. The zero-order valence-electron chi connectivity index (χ0n) is 13.6. The van der Waals surface area contributed by atoms with Crippen molar-refractivity contribution in [1.29, 1.82) is 0 Å². The van der Waals surface area contributed by atoms with Gasteiger partial charge in [-0.1, -0.05) is 0 Å². The van der Waals surface area contributed by atoms with Gasteiger partial charge in [-0.3, -0.25) is 29.4 Å². The molecule has 3 heterocycles. The van der Waals surface area contributed by atoms with Crippen LogP contribution >= 0.6 is 0 Å². The first kappa shape index (κ1) is 15.8. The number of nitrogens with one attached hydrogen (secondary N) is 2. The van der Waals surface area contributed by atoms with Gasteiger partial charge >= 0.3 is 0 Å². The van der Waals surface area contributed by atoms with Gasteiger partial charge in [0.1, 0.15) is 6.04 Å². The molecule has 0 spiro atoms. The summed E-state index contributed by atoms with van der Waals surface area (Å²) in [7, 11) is 0. The average Bonchev–Trinajstić information content (AvgIpc) is 2.87. The molecule has 2 saturated heterocycles. The molecule has 8 heteroatoms. The second-order valence-corrected chi connectivity index (χ2v) is 6.41. The predicted molar refractivity (Wildman–Crippen MR) is 88.2 cm³/mol. The van der Waals surface area contributed by atoms with Gasteiger partial charge in [0.05, 0.1) is 11.1 Å². The maximum absolute atomic E-state index is 12.8. The Morgan fingerprint density at radius 2 is 1.68 bits per heavy atom. The Labute approximate surface area is 144 Å². The fraction of sp³-hybridized carbons (Fsp3) is 0.412. The van der Waals surface area contributed by atoms with E-state index < -0.39 is 23.8 Å². The first-order valence-corrected chi connectivity index (χ1v) is 8.37. The molecule has 1 aromatic carbocycles. The van der Waals surface area contributed by atoms with Gasteiger partial charge < -0.3 is 10.2 Å². The Morgan fingerprint density at radius 1 is 0.960 bits per heavy atom. The van der Waals surface area contributed by atoms with Gasteiger partial charge in [0.25, 0.3) is 11.8 Å². The van der Waals surface area contributed by atoms with Crippen molar-refractivity contribution < 1.29 is 19.2 Å². The van der Waals surface area contributed by atoms with Crippen LogP contribution in [0.15, 0.2) is 18.2 Å². The Kier molecular flexibility index (Phi) is 3.76. The van der Waals surface area contributed by atoms with E-state index in [0.29, 0.717) is 11.1 Å². The highest BCUT2D eigenvalue weighted by molar-refractivity contribution is 6.23. The molecule has 4 rings (SSSR count). The Balaban J connectivity index is 1.63. The quantitative estimate of drug-likeness (QED) is 0.703. The van der Waals surface area contributed by atoms with Crippen molar-refractivity contribution in [1.82, 2.24) is 15.5 Å². The molecule has 0 saturated carbocycles. The van der Waals surface area contributed by atoms with Crippen LogP contribution in [0.2, 0.25) is 0 Å². The fourth-order valence-electron chi connectivity index (χ4n) is 3.58. The maximum Gasteiger partial charge on any atom is 0.262 e. The molecule has 3 aliphatic rings. The Hall–Kier alpha value is -2.74. The van der Waals surface area contributed by atoms with E-state index in [-0.39, 0.29) is 18.7 Å². The molecule has 0 aromatic heterocycles. The summed E-state index contributed by atoms with van der Waals surface area (Å²) in [6.45, 7) is 3.40. The van der Waals surface area contributed by atoms with E-state index in [2.05, 4.69) is 15.5 Å². The van der Waals surface area contributed by atoms with Crippen LogP contribution in [0.4, 0.5) is 5.69 Å². The summed E-state index contributed by atoms with van der Waals surface area (Å²) in [6, 6.07) is 4.29. The molecule has 25 heavy (non-hydrogen) atoms. The Morgan fingerprint density at radius 3 is 2.40 bits per heavy atom. The monoisotopic (exact) mass is 342 g/mol. The summed E-state index contributed by atoms with van der Waals surface area (Å²) in [5.41, 5.74) is 1.53. The van der Waals surface area contributed by atoms with Crippen molar-refractivity contribution in [3.63, 3.8) is 0 Å². The second kappa shape index (κ2) is 5.96. The van der Waals surface area contributed by atoms with Crippen molar-refractivity contribution in [2.75, 3.05) is 31.1 Å². The molecular formula is C17H18N4O4. The Bertz CT molecular complexity index is 785. The molecule has 2 N–H and O–H groups in total. The number of carbonyl (C=O) groups excluding carboxylic acids is 4. The average molecular weight is 342 g/mol. The molecule has 0 radical (unpaired) electrons. The summed E-state index contributed by atoms with van der Waals surface area (Å²) in [5, 5.41) is 5.47. The molecule has 1 aromatic rings. The first-order chi connectivity index (χ1) is 12.1. The number of carbonyl (C=O) groups is 4. The lowest BCUT2D eigenvalue weighted by atomic mass is 10.0. The van der Waals surface area contributed by atoms with Crippen LogP contribution in [0.1, 0.15) is 33.6 Å². The normalized spacial score (nSPS) is 23.8. The highest BCUT2D eigenvalue weighted by Gasteiger charge is 2.44. The molecule has 8 nitrogen and oxygen atoms in total. The minimum absolute atomic E-state index is 0.121. The number of imide groups is 2. The molecule has 3 aliphatic heterocycles. The second-order valence-electron chi connectivity index (χ2n) is 6.41. The van der Waals surface area contributed by atoms with Gasteiger partial charge in [-0.15, -0.1) is 0 Å². The SMILES string of the molecule is O=C1CCC(N2C(=O)c3ccc(N4CCNCC4)cc3C2=O)C(=O)N1. The van der Waals surface area contributed by atoms with E-state index in [4.69, 9.17) is 0 Å². The third-order valence-electron chi connectivity index (χ3n) is 4.91.